The lowest BCUT2D eigenvalue weighted by Gasteiger charge is -2.25. The van der Waals surface area contributed by atoms with E-state index in [-0.39, 0.29) is 5.41 Å². The molecule has 0 spiro atoms. The highest BCUT2D eigenvalue weighted by Crippen LogP contribution is 2.35. The summed E-state index contributed by atoms with van der Waals surface area (Å²) in [6.45, 7) is 4.36. The number of benzene rings is 1. The lowest BCUT2D eigenvalue weighted by atomic mass is 9.82. The number of halogens is 2. The number of nitrogens with zero attached hydrogens (tertiary/aromatic N) is 2. The first-order chi connectivity index (χ1) is 13.9. The Hall–Kier alpha value is -2.04. The van der Waals surface area contributed by atoms with Gasteiger partial charge in [0.25, 0.3) is 0 Å². The van der Waals surface area contributed by atoms with Gasteiger partial charge in [-0.1, -0.05) is 48.6 Å². The van der Waals surface area contributed by atoms with Crippen molar-refractivity contribution in [3.05, 3.63) is 99.0 Å². The molecule has 0 saturated carbocycles. The quantitative estimate of drug-likeness (QED) is 0.336. The lowest BCUT2D eigenvalue weighted by molar-refractivity contribution is 0.592. The lowest BCUT2D eigenvalue weighted by Crippen LogP contribution is -2.23. The summed E-state index contributed by atoms with van der Waals surface area (Å²) in [6, 6.07) is 18.9. The molecule has 0 aliphatic heterocycles. The molecular weight excluding hydrogens is 488 g/mol. The Kier molecular flexibility index (Phi) is 5.84. The molecule has 0 radical (unpaired) electrons. The van der Waals surface area contributed by atoms with Gasteiger partial charge in [0.05, 0.1) is 11.4 Å². The maximum absolute atomic E-state index is 4.82. The number of hydrogen-bond donors (Lipinski definition) is 0. The molecule has 4 heteroatoms. The van der Waals surface area contributed by atoms with Gasteiger partial charge in [-0.3, -0.25) is 0 Å². The first-order valence-electron chi connectivity index (χ1n) is 9.72. The van der Waals surface area contributed by atoms with Gasteiger partial charge in [0.2, 0.25) is 0 Å². The summed E-state index contributed by atoms with van der Waals surface area (Å²) in [4.78, 5) is 9.63. The van der Waals surface area contributed by atoms with E-state index in [4.69, 9.17) is 9.97 Å². The van der Waals surface area contributed by atoms with E-state index in [1.807, 2.05) is 6.07 Å². The maximum Gasteiger partial charge on any atom is 0.107 e. The Morgan fingerprint density at radius 3 is 2.00 bits per heavy atom. The minimum absolute atomic E-state index is 0.356. The van der Waals surface area contributed by atoms with Crippen molar-refractivity contribution in [1.82, 2.24) is 9.97 Å². The molecule has 146 valence electrons. The molecule has 4 rings (SSSR count). The molecule has 0 unspecified atom stereocenters. The average Bonchev–Trinajstić information content (AvgIpc) is 2.74. The Balaban J connectivity index is 1.79. The fourth-order valence-corrected chi connectivity index (χ4v) is 4.43. The normalized spacial score (nSPS) is 14.0. The van der Waals surface area contributed by atoms with E-state index in [2.05, 4.69) is 112 Å². The smallest absolute Gasteiger partial charge is 0.107 e. The van der Waals surface area contributed by atoms with Gasteiger partial charge >= 0.3 is 0 Å². The summed E-state index contributed by atoms with van der Waals surface area (Å²) in [7, 11) is 0. The van der Waals surface area contributed by atoms with Crippen LogP contribution in [0.2, 0.25) is 0 Å². The minimum Gasteiger partial charge on any atom is -0.245 e. The third-order valence-electron chi connectivity index (χ3n) is 5.30. The van der Waals surface area contributed by atoms with Crippen molar-refractivity contribution in [2.75, 3.05) is 0 Å². The molecule has 0 saturated heterocycles. The van der Waals surface area contributed by atoms with E-state index in [0.29, 0.717) is 0 Å². The molecule has 0 bridgehead atoms. The average molecular weight is 510 g/mol. The summed E-state index contributed by atoms with van der Waals surface area (Å²) < 4.78 is 1.67. The molecule has 0 atom stereocenters. The van der Waals surface area contributed by atoms with E-state index in [1.54, 1.807) is 0 Å². The minimum atomic E-state index is -0.356. The van der Waals surface area contributed by atoms with Crippen LogP contribution in [0.15, 0.2) is 82.0 Å². The van der Waals surface area contributed by atoms with Crippen molar-refractivity contribution in [2.45, 2.75) is 32.1 Å². The number of aromatic nitrogens is 2. The predicted molar refractivity (Wildman–Crippen MR) is 128 cm³/mol. The summed E-state index contributed by atoms with van der Waals surface area (Å²) in [5, 5.41) is 0. The molecule has 0 fully saturated rings. The van der Waals surface area contributed by atoms with Crippen LogP contribution in [0.5, 0.6) is 0 Å². The first kappa shape index (κ1) is 20.2. The van der Waals surface area contributed by atoms with Gasteiger partial charge in [0, 0.05) is 5.41 Å². The second-order valence-corrected chi connectivity index (χ2v) is 9.38. The van der Waals surface area contributed by atoms with Crippen LogP contribution in [0.25, 0.3) is 16.7 Å². The molecule has 1 aliphatic rings. The van der Waals surface area contributed by atoms with E-state index < -0.39 is 0 Å². The maximum atomic E-state index is 4.82. The fourth-order valence-electron chi connectivity index (χ4n) is 3.56. The molecule has 2 nitrogen and oxygen atoms in total. The predicted octanol–water partition coefficient (Wildman–Crippen LogP) is 7.73. The van der Waals surface area contributed by atoms with Crippen molar-refractivity contribution in [2.24, 2.45) is 0 Å². The van der Waals surface area contributed by atoms with Crippen LogP contribution >= 0.6 is 31.9 Å². The molecule has 29 heavy (non-hydrogen) atoms. The van der Waals surface area contributed by atoms with Gasteiger partial charge in [-0.2, -0.15) is 0 Å². The highest BCUT2D eigenvalue weighted by molar-refractivity contribution is 9.10. The molecular formula is C25H22Br2N2. The van der Waals surface area contributed by atoms with Crippen molar-refractivity contribution in [1.29, 1.82) is 0 Å². The first-order valence-corrected chi connectivity index (χ1v) is 11.3. The summed E-state index contributed by atoms with van der Waals surface area (Å²) >= 11 is 7.23. The van der Waals surface area contributed by atoms with Gasteiger partial charge in [-0.05, 0) is 105 Å². The van der Waals surface area contributed by atoms with Gasteiger partial charge in [-0.15, -0.1) is 0 Å². The van der Waals surface area contributed by atoms with Gasteiger partial charge in [-0.25, -0.2) is 9.97 Å². The number of hydrogen-bond acceptors (Lipinski definition) is 2. The topological polar surface area (TPSA) is 25.8 Å². The van der Waals surface area contributed by atoms with Gasteiger partial charge in [0.1, 0.15) is 9.21 Å². The third-order valence-corrected chi connectivity index (χ3v) is 6.12. The zero-order chi connectivity index (χ0) is 20.4. The molecule has 1 aromatic carbocycles. The molecule has 2 heterocycles. The largest absolute Gasteiger partial charge is 0.245 e. The van der Waals surface area contributed by atoms with E-state index in [0.717, 1.165) is 39.0 Å². The fraction of sp³-hybridized carbons (Fsp3) is 0.200. The number of allylic oxidation sites excluding steroid dienone is 4. The van der Waals surface area contributed by atoms with Gasteiger partial charge in [0.15, 0.2) is 0 Å². The second kappa shape index (κ2) is 8.37. The third kappa shape index (κ3) is 4.44. The van der Waals surface area contributed by atoms with Crippen LogP contribution in [-0.2, 0) is 5.41 Å². The Bertz CT molecular complexity index is 1100. The van der Waals surface area contributed by atoms with Crippen LogP contribution in [-0.4, -0.2) is 9.97 Å². The van der Waals surface area contributed by atoms with Crippen LogP contribution in [0, 0.1) is 0 Å². The Labute approximate surface area is 189 Å². The Morgan fingerprint density at radius 2 is 1.38 bits per heavy atom. The van der Waals surface area contributed by atoms with Crippen molar-refractivity contribution >= 4 is 37.4 Å². The van der Waals surface area contributed by atoms with Crippen LogP contribution in [0.4, 0.5) is 0 Å². The molecule has 0 N–H and O–H groups in total. The van der Waals surface area contributed by atoms with E-state index in [9.17, 15) is 0 Å². The van der Waals surface area contributed by atoms with Gasteiger partial charge < -0.3 is 0 Å². The Morgan fingerprint density at radius 1 is 0.759 bits per heavy atom. The van der Waals surface area contributed by atoms with Crippen molar-refractivity contribution in [3.63, 3.8) is 0 Å². The summed E-state index contributed by atoms with van der Waals surface area (Å²) in [6.07, 6.45) is 8.92. The number of pyridine rings is 2. The molecule has 1 aliphatic carbocycles. The standard InChI is InChI=1S/C25H22Br2N2/c1-25(2,21-13-19(15-23(26)28-21)17-9-5-3-6-10-17)22-14-20(16-24(27)29-22)18-11-7-4-8-12-18/h3,5-7,9-16H,4,8H2,1-2H3. The van der Waals surface area contributed by atoms with Crippen LogP contribution < -0.4 is 0 Å². The monoisotopic (exact) mass is 508 g/mol. The SMILES string of the molecule is CC(C)(c1cc(C2=CCCC=C2)cc(Br)n1)c1cc(-c2ccccc2)cc(Br)n1. The number of rotatable bonds is 4. The van der Waals surface area contributed by atoms with Crippen molar-refractivity contribution < 1.29 is 0 Å². The highest BCUT2D eigenvalue weighted by Gasteiger charge is 2.28. The van der Waals surface area contributed by atoms with Crippen molar-refractivity contribution in [3.8, 4) is 11.1 Å². The zero-order valence-electron chi connectivity index (χ0n) is 16.5. The summed E-state index contributed by atoms with van der Waals surface area (Å²) in [5.41, 5.74) is 6.37. The molecule has 0 amide bonds. The van der Waals surface area contributed by atoms with Crippen LogP contribution in [0.1, 0.15) is 43.6 Å². The van der Waals surface area contributed by atoms with E-state index >= 15 is 0 Å². The molecule has 2 aromatic heterocycles. The summed E-state index contributed by atoms with van der Waals surface area (Å²) in [5.74, 6) is 0. The second-order valence-electron chi connectivity index (χ2n) is 7.76. The molecule has 3 aromatic rings. The van der Waals surface area contributed by atoms with Crippen LogP contribution in [0.3, 0.4) is 0 Å². The van der Waals surface area contributed by atoms with E-state index in [1.165, 1.54) is 16.7 Å². The highest BCUT2D eigenvalue weighted by atomic mass is 79.9. The zero-order valence-corrected chi connectivity index (χ0v) is 19.7.